The molecule has 1 N–H and O–H groups in total. The topological polar surface area (TPSA) is 38.3 Å². The van der Waals surface area contributed by atoms with E-state index in [2.05, 4.69) is 19.2 Å². The zero-order valence-electron chi connectivity index (χ0n) is 9.90. The van der Waals surface area contributed by atoms with Crippen LogP contribution in [0.25, 0.3) is 0 Å². The van der Waals surface area contributed by atoms with E-state index in [0.717, 1.165) is 25.0 Å². The Morgan fingerprint density at radius 3 is 2.56 bits per heavy atom. The Balaban J connectivity index is 2.19. The van der Waals surface area contributed by atoms with E-state index in [1.165, 1.54) is 0 Å². The molecule has 0 fully saturated rings. The smallest absolute Gasteiger partial charge is 0.150 e. The molecule has 0 amide bonds. The summed E-state index contributed by atoms with van der Waals surface area (Å²) in [4.78, 5) is 10.4. The highest BCUT2D eigenvalue weighted by Gasteiger charge is 1.95. The van der Waals surface area contributed by atoms with Crippen molar-refractivity contribution in [3.63, 3.8) is 0 Å². The van der Waals surface area contributed by atoms with Gasteiger partial charge in [-0.1, -0.05) is 13.8 Å². The van der Waals surface area contributed by atoms with Gasteiger partial charge in [0, 0.05) is 11.6 Å². The second-order valence-electron chi connectivity index (χ2n) is 4.00. The third-order valence-electron chi connectivity index (χ3n) is 2.16. The van der Waals surface area contributed by atoms with Crippen molar-refractivity contribution in [3.05, 3.63) is 29.8 Å². The van der Waals surface area contributed by atoms with Gasteiger partial charge in [0.25, 0.3) is 0 Å². The Morgan fingerprint density at radius 2 is 2.00 bits per heavy atom. The average Bonchev–Trinajstić information content (AvgIpc) is 2.29. The van der Waals surface area contributed by atoms with Gasteiger partial charge in [-0.25, -0.2) is 0 Å². The lowest BCUT2D eigenvalue weighted by molar-refractivity contribution is 0.112. The van der Waals surface area contributed by atoms with Crippen LogP contribution in [0, 0.1) is 0 Å². The first-order valence-corrected chi connectivity index (χ1v) is 5.64. The standard InChI is InChI=1S/C13H19NO2/c1-11(2)14-8-3-9-16-13-6-4-12(10-15)5-7-13/h4-7,10-11,14H,3,8-9H2,1-2H3. The van der Waals surface area contributed by atoms with Crippen LogP contribution in [0.1, 0.15) is 30.6 Å². The van der Waals surface area contributed by atoms with Gasteiger partial charge >= 0.3 is 0 Å². The molecule has 0 spiro atoms. The lowest BCUT2D eigenvalue weighted by atomic mass is 10.2. The molecule has 3 heteroatoms. The van der Waals surface area contributed by atoms with Gasteiger partial charge in [-0.15, -0.1) is 0 Å². The molecule has 0 radical (unpaired) electrons. The molecule has 0 aliphatic heterocycles. The molecule has 0 saturated carbocycles. The fourth-order valence-electron chi connectivity index (χ4n) is 1.30. The maximum atomic E-state index is 10.4. The molecule has 88 valence electrons. The van der Waals surface area contributed by atoms with Crippen molar-refractivity contribution < 1.29 is 9.53 Å². The average molecular weight is 221 g/mol. The molecule has 0 atom stereocenters. The summed E-state index contributed by atoms with van der Waals surface area (Å²) in [5, 5.41) is 3.32. The van der Waals surface area contributed by atoms with Crippen molar-refractivity contribution in [2.45, 2.75) is 26.3 Å². The van der Waals surface area contributed by atoms with Gasteiger partial charge in [-0.2, -0.15) is 0 Å². The summed E-state index contributed by atoms with van der Waals surface area (Å²) in [6.07, 6.45) is 1.81. The first-order chi connectivity index (χ1) is 7.72. The second kappa shape index (κ2) is 7.01. The molecule has 0 aliphatic carbocycles. The van der Waals surface area contributed by atoms with Crippen molar-refractivity contribution in [1.29, 1.82) is 0 Å². The van der Waals surface area contributed by atoms with E-state index in [1.54, 1.807) is 12.1 Å². The monoisotopic (exact) mass is 221 g/mol. The quantitative estimate of drug-likeness (QED) is 0.567. The van der Waals surface area contributed by atoms with Crippen LogP contribution in [-0.2, 0) is 0 Å². The zero-order chi connectivity index (χ0) is 11.8. The SMILES string of the molecule is CC(C)NCCCOc1ccc(C=O)cc1. The highest BCUT2D eigenvalue weighted by atomic mass is 16.5. The predicted molar refractivity (Wildman–Crippen MR) is 65.1 cm³/mol. The van der Waals surface area contributed by atoms with E-state index in [1.807, 2.05) is 12.1 Å². The number of rotatable bonds is 7. The van der Waals surface area contributed by atoms with E-state index in [0.29, 0.717) is 18.2 Å². The van der Waals surface area contributed by atoms with E-state index in [-0.39, 0.29) is 0 Å². The van der Waals surface area contributed by atoms with Crippen molar-refractivity contribution in [3.8, 4) is 5.75 Å². The van der Waals surface area contributed by atoms with E-state index < -0.39 is 0 Å². The number of aldehydes is 1. The van der Waals surface area contributed by atoms with Gasteiger partial charge in [0.2, 0.25) is 0 Å². The minimum absolute atomic E-state index is 0.520. The van der Waals surface area contributed by atoms with Crippen LogP contribution in [-0.4, -0.2) is 25.5 Å². The Morgan fingerprint density at radius 1 is 1.31 bits per heavy atom. The summed E-state index contributed by atoms with van der Waals surface area (Å²) < 4.78 is 5.53. The first-order valence-electron chi connectivity index (χ1n) is 5.64. The van der Waals surface area contributed by atoms with Crippen molar-refractivity contribution in [2.24, 2.45) is 0 Å². The maximum absolute atomic E-state index is 10.4. The van der Waals surface area contributed by atoms with E-state index >= 15 is 0 Å². The molecule has 0 heterocycles. The van der Waals surface area contributed by atoms with Gasteiger partial charge in [-0.05, 0) is 37.2 Å². The number of hydrogen-bond acceptors (Lipinski definition) is 3. The van der Waals surface area contributed by atoms with E-state index in [4.69, 9.17) is 4.74 Å². The van der Waals surface area contributed by atoms with Crippen LogP contribution in [0.15, 0.2) is 24.3 Å². The molecule has 1 rings (SSSR count). The third kappa shape index (κ3) is 4.94. The minimum Gasteiger partial charge on any atom is -0.494 e. The molecule has 16 heavy (non-hydrogen) atoms. The normalized spacial score (nSPS) is 10.4. The molecule has 1 aromatic carbocycles. The molecular weight excluding hydrogens is 202 g/mol. The van der Waals surface area contributed by atoms with Crippen LogP contribution < -0.4 is 10.1 Å². The summed E-state index contributed by atoms with van der Waals surface area (Å²) in [5.41, 5.74) is 0.675. The second-order valence-corrected chi connectivity index (χ2v) is 4.00. The zero-order valence-corrected chi connectivity index (χ0v) is 9.90. The fourth-order valence-corrected chi connectivity index (χ4v) is 1.30. The predicted octanol–water partition coefficient (Wildman–Crippen LogP) is 2.27. The number of benzene rings is 1. The minimum atomic E-state index is 0.520. The molecular formula is C13H19NO2. The Kier molecular flexibility index (Phi) is 5.57. The van der Waals surface area contributed by atoms with Crippen LogP contribution in [0.3, 0.4) is 0 Å². The molecule has 0 aromatic heterocycles. The third-order valence-corrected chi connectivity index (χ3v) is 2.16. The van der Waals surface area contributed by atoms with Gasteiger partial charge in [0.1, 0.15) is 12.0 Å². The molecule has 3 nitrogen and oxygen atoms in total. The van der Waals surface area contributed by atoms with E-state index in [9.17, 15) is 4.79 Å². The summed E-state index contributed by atoms with van der Waals surface area (Å²) in [6, 6.07) is 7.68. The van der Waals surface area contributed by atoms with Crippen molar-refractivity contribution in [1.82, 2.24) is 5.32 Å². The molecule has 0 unspecified atom stereocenters. The van der Waals surface area contributed by atoms with Gasteiger partial charge < -0.3 is 10.1 Å². The van der Waals surface area contributed by atoms with Crippen molar-refractivity contribution >= 4 is 6.29 Å². The van der Waals surface area contributed by atoms with Crippen LogP contribution in [0.5, 0.6) is 5.75 Å². The number of hydrogen-bond donors (Lipinski definition) is 1. The largest absolute Gasteiger partial charge is 0.494 e. The molecule has 0 saturated heterocycles. The fraction of sp³-hybridized carbons (Fsp3) is 0.462. The number of ether oxygens (including phenoxy) is 1. The lowest BCUT2D eigenvalue weighted by Crippen LogP contribution is -2.24. The molecule has 0 aliphatic rings. The number of nitrogens with one attached hydrogen (secondary N) is 1. The van der Waals surface area contributed by atoms with Gasteiger partial charge in [0.05, 0.1) is 6.61 Å². The van der Waals surface area contributed by atoms with Crippen LogP contribution >= 0.6 is 0 Å². The van der Waals surface area contributed by atoms with Crippen molar-refractivity contribution in [2.75, 3.05) is 13.2 Å². The lowest BCUT2D eigenvalue weighted by Gasteiger charge is -2.09. The Labute approximate surface area is 96.8 Å². The van der Waals surface area contributed by atoms with Crippen LogP contribution in [0.2, 0.25) is 0 Å². The first kappa shape index (κ1) is 12.7. The number of carbonyl (C=O) groups excluding carboxylic acids is 1. The Bertz CT molecular complexity index is 306. The molecule has 0 bridgehead atoms. The number of carbonyl (C=O) groups is 1. The van der Waals surface area contributed by atoms with Gasteiger partial charge in [-0.3, -0.25) is 4.79 Å². The molecule has 1 aromatic rings. The van der Waals surface area contributed by atoms with Gasteiger partial charge in [0.15, 0.2) is 0 Å². The highest BCUT2D eigenvalue weighted by Crippen LogP contribution is 2.10. The summed E-state index contributed by atoms with van der Waals surface area (Å²) in [7, 11) is 0. The summed E-state index contributed by atoms with van der Waals surface area (Å²) >= 11 is 0. The summed E-state index contributed by atoms with van der Waals surface area (Å²) in [6.45, 7) is 5.91. The maximum Gasteiger partial charge on any atom is 0.150 e. The summed E-state index contributed by atoms with van der Waals surface area (Å²) in [5.74, 6) is 0.815. The Hall–Kier alpha value is -1.35. The van der Waals surface area contributed by atoms with Crippen LogP contribution in [0.4, 0.5) is 0 Å². The highest BCUT2D eigenvalue weighted by molar-refractivity contribution is 5.74.